The minimum absolute atomic E-state index is 0.0509. The van der Waals surface area contributed by atoms with E-state index in [1.165, 1.54) is 25.0 Å². The number of amides is 1. The van der Waals surface area contributed by atoms with Crippen molar-refractivity contribution in [1.82, 2.24) is 4.90 Å². The number of carbonyl (C=O) groups excluding carboxylic acids is 1. The normalized spacial score (nSPS) is 17.4. The Bertz CT molecular complexity index is 527. The fourth-order valence-electron chi connectivity index (χ4n) is 2.21. The molecule has 4 nitrogen and oxygen atoms in total. The van der Waals surface area contributed by atoms with Crippen LogP contribution >= 0.6 is 0 Å². The molecule has 0 bridgehead atoms. The maximum atomic E-state index is 13.3. The van der Waals surface area contributed by atoms with E-state index in [9.17, 15) is 9.18 Å². The molecule has 114 valence electrons. The topological polar surface area (TPSA) is 41.6 Å². The Balaban J connectivity index is 1.58. The third-order valence-corrected chi connectivity index (χ3v) is 4.03. The predicted molar refractivity (Wildman–Crippen MR) is 78.9 cm³/mol. The zero-order valence-corrected chi connectivity index (χ0v) is 12.3. The van der Waals surface area contributed by atoms with Crippen LogP contribution in [0.15, 0.2) is 18.2 Å². The zero-order valence-electron chi connectivity index (χ0n) is 12.3. The average Bonchev–Trinajstić information content (AvgIpc) is 3.36. The summed E-state index contributed by atoms with van der Waals surface area (Å²) in [5.74, 6) is 0.815. The van der Waals surface area contributed by atoms with E-state index >= 15 is 0 Å². The van der Waals surface area contributed by atoms with Crippen molar-refractivity contribution in [2.75, 3.05) is 25.5 Å². The Morgan fingerprint density at radius 3 is 2.81 bits per heavy atom. The second kappa shape index (κ2) is 5.92. The zero-order chi connectivity index (χ0) is 14.8. The number of nitrogens with one attached hydrogen (secondary N) is 1. The van der Waals surface area contributed by atoms with Crippen molar-refractivity contribution in [3.8, 4) is 5.75 Å². The molecule has 2 saturated carbocycles. The van der Waals surface area contributed by atoms with Gasteiger partial charge in [0, 0.05) is 19.2 Å². The number of halogens is 1. The first kappa shape index (κ1) is 14.2. The van der Waals surface area contributed by atoms with Crippen molar-refractivity contribution >= 4 is 11.6 Å². The molecule has 0 atom stereocenters. The van der Waals surface area contributed by atoms with Crippen LogP contribution in [0.3, 0.4) is 0 Å². The number of ether oxygens (including phenoxy) is 1. The summed E-state index contributed by atoms with van der Waals surface area (Å²) in [6.45, 7) is 0.826. The van der Waals surface area contributed by atoms with Crippen molar-refractivity contribution in [2.45, 2.75) is 31.7 Å². The van der Waals surface area contributed by atoms with Crippen LogP contribution in [0.25, 0.3) is 0 Å². The molecule has 2 fully saturated rings. The molecule has 0 spiro atoms. The Labute approximate surface area is 124 Å². The number of hydrogen-bond acceptors (Lipinski definition) is 3. The van der Waals surface area contributed by atoms with Gasteiger partial charge in [0.25, 0.3) is 0 Å². The van der Waals surface area contributed by atoms with E-state index in [-0.39, 0.29) is 18.3 Å². The fourth-order valence-corrected chi connectivity index (χ4v) is 2.21. The Morgan fingerprint density at radius 1 is 1.38 bits per heavy atom. The van der Waals surface area contributed by atoms with Crippen LogP contribution in [-0.2, 0) is 4.79 Å². The summed E-state index contributed by atoms with van der Waals surface area (Å²) in [5.41, 5.74) is 0.676. The molecule has 0 saturated heterocycles. The van der Waals surface area contributed by atoms with E-state index in [1.807, 2.05) is 7.05 Å². The summed E-state index contributed by atoms with van der Waals surface area (Å²) in [5, 5.41) is 3.07. The van der Waals surface area contributed by atoms with Gasteiger partial charge in [-0.3, -0.25) is 4.79 Å². The molecule has 0 unspecified atom stereocenters. The SMILES string of the molecule is CN(C(=O)CNc1ccc(F)cc1OCC1CC1)C1CC1. The van der Waals surface area contributed by atoms with Gasteiger partial charge in [0.05, 0.1) is 18.8 Å². The van der Waals surface area contributed by atoms with Gasteiger partial charge < -0.3 is 15.0 Å². The quantitative estimate of drug-likeness (QED) is 0.840. The van der Waals surface area contributed by atoms with E-state index < -0.39 is 0 Å². The van der Waals surface area contributed by atoms with Gasteiger partial charge in [0.2, 0.25) is 5.91 Å². The number of likely N-dealkylation sites (N-methyl/N-ethyl adjacent to an activating group) is 1. The molecule has 5 heteroatoms. The second-order valence-corrected chi connectivity index (χ2v) is 5.98. The fraction of sp³-hybridized carbons (Fsp3) is 0.562. The predicted octanol–water partition coefficient (Wildman–Crippen LogP) is 2.65. The molecule has 21 heavy (non-hydrogen) atoms. The molecule has 3 rings (SSSR count). The van der Waals surface area contributed by atoms with Crippen LogP contribution in [-0.4, -0.2) is 37.0 Å². The molecule has 2 aliphatic rings. The molecule has 0 radical (unpaired) electrons. The third kappa shape index (κ3) is 3.86. The second-order valence-electron chi connectivity index (χ2n) is 5.98. The van der Waals surface area contributed by atoms with Crippen molar-refractivity contribution in [3.05, 3.63) is 24.0 Å². The molecule has 1 amide bonds. The lowest BCUT2D eigenvalue weighted by atomic mass is 10.2. The minimum atomic E-state index is -0.326. The van der Waals surface area contributed by atoms with Gasteiger partial charge in [-0.05, 0) is 43.7 Å². The third-order valence-electron chi connectivity index (χ3n) is 4.03. The average molecular weight is 292 g/mol. The van der Waals surface area contributed by atoms with Crippen LogP contribution < -0.4 is 10.1 Å². The maximum Gasteiger partial charge on any atom is 0.241 e. The summed E-state index contributed by atoms with van der Waals surface area (Å²) >= 11 is 0. The highest BCUT2D eigenvalue weighted by Gasteiger charge is 2.29. The summed E-state index contributed by atoms with van der Waals surface area (Å²) < 4.78 is 19.0. The van der Waals surface area contributed by atoms with E-state index in [0.29, 0.717) is 30.0 Å². The molecule has 2 aliphatic carbocycles. The summed E-state index contributed by atoms with van der Waals surface area (Å²) in [4.78, 5) is 13.8. The molecule has 1 aromatic rings. The van der Waals surface area contributed by atoms with Gasteiger partial charge in [0.15, 0.2) is 0 Å². The van der Waals surface area contributed by atoms with Crippen LogP contribution in [0.2, 0.25) is 0 Å². The largest absolute Gasteiger partial charge is 0.491 e. The molecular weight excluding hydrogens is 271 g/mol. The first-order chi connectivity index (χ1) is 10.1. The van der Waals surface area contributed by atoms with Crippen LogP contribution in [0.5, 0.6) is 5.75 Å². The van der Waals surface area contributed by atoms with E-state index in [4.69, 9.17) is 4.74 Å². The highest BCUT2D eigenvalue weighted by molar-refractivity contribution is 5.81. The number of nitrogens with zero attached hydrogens (tertiary/aromatic N) is 1. The lowest BCUT2D eigenvalue weighted by Gasteiger charge is -2.18. The van der Waals surface area contributed by atoms with E-state index in [2.05, 4.69) is 5.32 Å². The lowest BCUT2D eigenvalue weighted by molar-refractivity contribution is -0.128. The van der Waals surface area contributed by atoms with Crippen LogP contribution in [0.4, 0.5) is 10.1 Å². The maximum absolute atomic E-state index is 13.3. The van der Waals surface area contributed by atoms with Gasteiger partial charge in [-0.2, -0.15) is 0 Å². The van der Waals surface area contributed by atoms with Crippen molar-refractivity contribution in [2.24, 2.45) is 5.92 Å². The minimum Gasteiger partial charge on any atom is -0.491 e. The molecule has 0 heterocycles. The van der Waals surface area contributed by atoms with Gasteiger partial charge in [-0.15, -0.1) is 0 Å². The van der Waals surface area contributed by atoms with Gasteiger partial charge in [-0.1, -0.05) is 0 Å². The van der Waals surface area contributed by atoms with E-state index in [0.717, 1.165) is 12.8 Å². The van der Waals surface area contributed by atoms with Crippen LogP contribution in [0, 0.1) is 11.7 Å². The van der Waals surface area contributed by atoms with Crippen molar-refractivity contribution in [1.29, 1.82) is 0 Å². The number of hydrogen-bond donors (Lipinski definition) is 1. The summed E-state index contributed by atoms with van der Waals surface area (Å²) in [7, 11) is 1.83. The van der Waals surface area contributed by atoms with Gasteiger partial charge in [0.1, 0.15) is 11.6 Å². The van der Waals surface area contributed by atoms with Gasteiger partial charge >= 0.3 is 0 Å². The Morgan fingerprint density at radius 2 is 2.14 bits per heavy atom. The molecule has 0 aliphatic heterocycles. The van der Waals surface area contributed by atoms with Crippen LogP contribution in [0.1, 0.15) is 25.7 Å². The lowest BCUT2D eigenvalue weighted by Crippen LogP contribution is -2.33. The smallest absolute Gasteiger partial charge is 0.241 e. The number of carbonyl (C=O) groups is 1. The molecule has 1 N–H and O–H groups in total. The van der Waals surface area contributed by atoms with Gasteiger partial charge in [-0.25, -0.2) is 4.39 Å². The highest BCUT2D eigenvalue weighted by atomic mass is 19.1. The number of rotatable bonds is 7. The first-order valence-corrected chi connectivity index (χ1v) is 7.55. The molecule has 1 aromatic carbocycles. The van der Waals surface area contributed by atoms with E-state index in [1.54, 1.807) is 11.0 Å². The Hall–Kier alpha value is -1.78. The monoisotopic (exact) mass is 292 g/mol. The number of benzene rings is 1. The summed E-state index contributed by atoms with van der Waals surface area (Å²) in [6, 6.07) is 4.78. The number of anilines is 1. The standard InChI is InChI=1S/C16H21FN2O2/c1-19(13-5-6-13)16(20)9-18-14-7-4-12(17)8-15(14)21-10-11-2-3-11/h4,7-8,11,13,18H,2-3,5-6,9-10H2,1H3. The summed E-state index contributed by atoms with van der Waals surface area (Å²) in [6.07, 6.45) is 4.55. The van der Waals surface area contributed by atoms with Crippen molar-refractivity contribution < 1.29 is 13.9 Å². The Kier molecular flexibility index (Phi) is 3.99. The first-order valence-electron chi connectivity index (χ1n) is 7.55. The molecular formula is C16H21FN2O2. The van der Waals surface area contributed by atoms with Crippen molar-refractivity contribution in [3.63, 3.8) is 0 Å². The molecule has 0 aromatic heterocycles. The highest BCUT2D eigenvalue weighted by Crippen LogP contribution is 2.32.